The van der Waals surface area contributed by atoms with E-state index in [4.69, 9.17) is 28.5 Å². The highest BCUT2D eigenvalue weighted by molar-refractivity contribution is 6.34. The predicted octanol–water partition coefficient (Wildman–Crippen LogP) is 4.52. The lowest BCUT2D eigenvalue weighted by Gasteiger charge is -2.31. The standard InChI is InChI=1S/C29H35ClN4O5/c1-8-34(27(37)22(14-15-23(31)35)32-28(38)39-29(5,6)7)25(20-16-17(2)12-13-18(20)3)26(36)33-24-19(4)10-9-11-21(24)30/h1,9-13,16,22,25H,14-15H2,2-7H3,(H2,31,35)(H,32,38)(H,33,36). The zero-order chi connectivity index (χ0) is 29.5. The van der Waals surface area contributed by atoms with Crippen molar-refractivity contribution < 1.29 is 23.9 Å². The zero-order valence-electron chi connectivity index (χ0n) is 23.1. The molecule has 0 spiro atoms. The summed E-state index contributed by atoms with van der Waals surface area (Å²) in [4.78, 5) is 52.7. The van der Waals surface area contributed by atoms with Crippen LogP contribution in [0.25, 0.3) is 0 Å². The van der Waals surface area contributed by atoms with E-state index in [0.29, 0.717) is 27.4 Å². The molecule has 0 aliphatic heterocycles. The van der Waals surface area contributed by atoms with Gasteiger partial charge in [-0.25, -0.2) is 4.79 Å². The number of nitrogens with one attached hydrogen (secondary N) is 2. The molecule has 2 atom stereocenters. The molecule has 2 aromatic carbocycles. The van der Waals surface area contributed by atoms with Crippen molar-refractivity contribution in [1.82, 2.24) is 10.2 Å². The first kappa shape index (κ1) is 31.2. The molecule has 0 heterocycles. The monoisotopic (exact) mass is 554 g/mol. The third kappa shape index (κ3) is 8.76. The number of ether oxygens (including phenoxy) is 1. The van der Waals surface area contributed by atoms with Crippen LogP contribution < -0.4 is 16.4 Å². The fourth-order valence-electron chi connectivity index (χ4n) is 3.86. The molecule has 2 rings (SSSR count). The molecule has 39 heavy (non-hydrogen) atoms. The average Bonchev–Trinajstić information content (AvgIpc) is 2.82. The molecule has 9 nitrogen and oxygen atoms in total. The largest absolute Gasteiger partial charge is 0.444 e. The molecule has 208 valence electrons. The number of benzene rings is 2. The second kappa shape index (κ2) is 13.2. The summed E-state index contributed by atoms with van der Waals surface area (Å²) in [6, 6.07) is 10.3. The summed E-state index contributed by atoms with van der Waals surface area (Å²) in [5, 5.41) is 5.59. The Morgan fingerprint density at radius 3 is 2.33 bits per heavy atom. The summed E-state index contributed by atoms with van der Waals surface area (Å²) in [5.74, 6) is -2.08. The highest BCUT2D eigenvalue weighted by Gasteiger charge is 2.37. The van der Waals surface area contributed by atoms with Gasteiger partial charge in [-0.05, 0) is 70.7 Å². The van der Waals surface area contributed by atoms with E-state index < -0.39 is 41.5 Å². The van der Waals surface area contributed by atoms with E-state index in [9.17, 15) is 19.2 Å². The first-order valence-electron chi connectivity index (χ1n) is 12.3. The number of halogens is 1. The number of nitrogens with zero attached hydrogens (tertiary/aromatic N) is 1. The number of terminal acetylenes is 1. The minimum Gasteiger partial charge on any atom is -0.444 e. The molecule has 0 bridgehead atoms. The summed E-state index contributed by atoms with van der Waals surface area (Å²) in [7, 11) is 0. The molecular weight excluding hydrogens is 520 g/mol. The number of hydrogen-bond acceptors (Lipinski definition) is 5. The van der Waals surface area contributed by atoms with Gasteiger partial charge < -0.3 is 21.1 Å². The Morgan fingerprint density at radius 2 is 1.77 bits per heavy atom. The van der Waals surface area contributed by atoms with Crippen LogP contribution in [0.2, 0.25) is 5.02 Å². The lowest BCUT2D eigenvalue weighted by atomic mass is 9.96. The first-order valence-corrected chi connectivity index (χ1v) is 12.7. The fraction of sp³-hybridized carbons (Fsp3) is 0.379. The number of primary amides is 1. The molecule has 0 aliphatic rings. The fourth-order valence-corrected chi connectivity index (χ4v) is 4.13. The van der Waals surface area contributed by atoms with Crippen LogP contribution >= 0.6 is 11.6 Å². The van der Waals surface area contributed by atoms with Crippen LogP contribution in [0.1, 0.15) is 61.9 Å². The zero-order valence-corrected chi connectivity index (χ0v) is 23.8. The van der Waals surface area contributed by atoms with Gasteiger partial charge in [0.2, 0.25) is 5.91 Å². The number of carbonyl (C=O) groups is 4. The number of amides is 4. The minimum atomic E-state index is -1.30. The molecule has 0 aliphatic carbocycles. The predicted molar refractivity (Wildman–Crippen MR) is 151 cm³/mol. The molecule has 4 N–H and O–H groups in total. The van der Waals surface area contributed by atoms with Crippen molar-refractivity contribution in [1.29, 1.82) is 0 Å². The van der Waals surface area contributed by atoms with E-state index in [0.717, 1.165) is 10.5 Å². The molecule has 0 radical (unpaired) electrons. The van der Waals surface area contributed by atoms with Gasteiger partial charge in [-0.2, -0.15) is 0 Å². The van der Waals surface area contributed by atoms with Crippen molar-refractivity contribution >= 4 is 41.1 Å². The van der Waals surface area contributed by atoms with E-state index >= 15 is 0 Å². The van der Waals surface area contributed by atoms with Gasteiger partial charge in [0.05, 0.1) is 10.7 Å². The van der Waals surface area contributed by atoms with Crippen molar-refractivity contribution in [3.63, 3.8) is 0 Å². The Morgan fingerprint density at radius 1 is 1.10 bits per heavy atom. The number of anilines is 1. The second-order valence-electron chi connectivity index (χ2n) is 10.2. The number of carbonyl (C=O) groups excluding carboxylic acids is 4. The van der Waals surface area contributed by atoms with Crippen LogP contribution in [0.4, 0.5) is 10.5 Å². The van der Waals surface area contributed by atoms with Crippen LogP contribution in [-0.2, 0) is 19.1 Å². The average molecular weight is 555 g/mol. The maximum Gasteiger partial charge on any atom is 0.408 e. The molecular formula is C29H35ClN4O5. The Balaban J connectivity index is 2.57. The Kier molecular flexibility index (Phi) is 10.5. The molecule has 2 aromatic rings. The molecule has 2 unspecified atom stereocenters. The topological polar surface area (TPSA) is 131 Å². The van der Waals surface area contributed by atoms with Crippen LogP contribution in [-0.4, -0.2) is 40.4 Å². The molecule has 0 saturated heterocycles. The number of rotatable bonds is 9. The summed E-state index contributed by atoms with van der Waals surface area (Å²) >= 11 is 6.35. The summed E-state index contributed by atoms with van der Waals surface area (Å²) in [6.45, 7) is 10.4. The third-order valence-electron chi connectivity index (χ3n) is 5.75. The maximum absolute atomic E-state index is 13.8. The Bertz CT molecular complexity index is 1280. The summed E-state index contributed by atoms with van der Waals surface area (Å²) in [5.41, 5.74) is 7.57. The van der Waals surface area contributed by atoms with E-state index in [1.807, 2.05) is 19.1 Å². The first-order chi connectivity index (χ1) is 18.1. The lowest BCUT2D eigenvalue weighted by Crippen LogP contribution is -2.51. The highest BCUT2D eigenvalue weighted by Crippen LogP contribution is 2.31. The van der Waals surface area contributed by atoms with Crippen LogP contribution in [0, 0.1) is 33.2 Å². The van der Waals surface area contributed by atoms with E-state index in [1.165, 1.54) is 0 Å². The minimum absolute atomic E-state index is 0.156. The van der Waals surface area contributed by atoms with Gasteiger partial charge in [0.1, 0.15) is 17.7 Å². The second-order valence-corrected chi connectivity index (χ2v) is 10.6. The number of alkyl carbamates (subject to hydrolysis) is 1. The summed E-state index contributed by atoms with van der Waals surface area (Å²) < 4.78 is 5.29. The van der Waals surface area contributed by atoms with Gasteiger partial charge in [0.15, 0.2) is 0 Å². The number of nitrogens with two attached hydrogens (primary N) is 1. The van der Waals surface area contributed by atoms with Gasteiger partial charge in [0, 0.05) is 12.5 Å². The van der Waals surface area contributed by atoms with Crippen molar-refractivity contribution in [2.24, 2.45) is 5.73 Å². The molecule has 4 amide bonds. The van der Waals surface area contributed by atoms with Crippen molar-refractivity contribution in [2.45, 2.75) is 72.1 Å². The number of aryl methyl sites for hydroxylation is 3. The normalized spacial score (nSPS) is 12.5. The van der Waals surface area contributed by atoms with Gasteiger partial charge >= 0.3 is 6.09 Å². The summed E-state index contributed by atoms with van der Waals surface area (Å²) in [6.07, 6.45) is 4.57. The molecule has 0 saturated carbocycles. The van der Waals surface area contributed by atoms with Gasteiger partial charge in [-0.15, -0.1) is 0 Å². The van der Waals surface area contributed by atoms with Gasteiger partial charge in [-0.3, -0.25) is 19.3 Å². The quantitative estimate of drug-likeness (QED) is 0.310. The van der Waals surface area contributed by atoms with Gasteiger partial charge in [-0.1, -0.05) is 53.9 Å². The van der Waals surface area contributed by atoms with Crippen molar-refractivity contribution in [2.75, 3.05) is 5.32 Å². The SMILES string of the molecule is C#CN(C(=O)C(CCC(N)=O)NC(=O)OC(C)(C)C)C(C(=O)Nc1c(C)cccc1Cl)c1cc(C)ccc1C. The van der Waals surface area contributed by atoms with E-state index in [2.05, 4.69) is 16.7 Å². The van der Waals surface area contributed by atoms with Crippen LogP contribution in [0.5, 0.6) is 0 Å². The van der Waals surface area contributed by atoms with Gasteiger partial charge in [0.25, 0.3) is 11.8 Å². The lowest BCUT2D eigenvalue weighted by molar-refractivity contribution is -0.137. The van der Waals surface area contributed by atoms with Crippen molar-refractivity contribution in [3.05, 3.63) is 63.7 Å². The van der Waals surface area contributed by atoms with E-state index in [1.54, 1.807) is 58.9 Å². The molecule has 0 aromatic heterocycles. The maximum atomic E-state index is 13.8. The smallest absolute Gasteiger partial charge is 0.408 e. The number of hydrogen-bond donors (Lipinski definition) is 3. The van der Waals surface area contributed by atoms with Crippen LogP contribution in [0.3, 0.4) is 0 Å². The third-order valence-corrected chi connectivity index (χ3v) is 6.07. The Labute approximate surface area is 234 Å². The number of para-hydroxylation sites is 1. The van der Waals surface area contributed by atoms with Crippen molar-refractivity contribution in [3.8, 4) is 12.5 Å². The van der Waals surface area contributed by atoms with E-state index in [-0.39, 0.29) is 12.8 Å². The Hall–Kier alpha value is -4.03. The van der Waals surface area contributed by atoms with Crippen LogP contribution in [0.15, 0.2) is 36.4 Å². The molecule has 0 fully saturated rings. The highest BCUT2D eigenvalue weighted by atomic mass is 35.5. The molecule has 10 heteroatoms.